The molecule has 1 heterocycles. The summed E-state index contributed by atoms with van der Waals surface area (Å²) in [4.78, 5) is 11.0. The maximum absolute atomic E-state index is 11.9. The molecule has 100 valence electrons. The second kappa shape index (κ2) is 5.32. The summed E-state index contributed by atoms with van der Waals surface area (Å²) in [5.41, 5.74) is -0.0166. The highest BCUT2D eigenvalue weighted by Crippen LogP contribution is 2.23. The van der Waals surface area contributed by atoms with Gasteiger partial charge in [-0.3, -0.25) is 4.79 Å². The number of hydrogen-bond donors (Lipinski definition) is 1. The molecule has 0 radical (unpaired) electrons. The van der Waals surface area contributed by atoms with Crippen LogP contribution in [-0.2, 0) is 19.6 Å². The average molecular weight is 264 g/mol. The zero-order chi connectivity index (χ0) is 13.1. The molecule has 1 rings (SSSR count). The van der Waals surface area contributed by atoms with Crippen molar-refractivity contribution in [1.82, 2.24) is 9.62 Å². The average Bonchev–Trinajstić information content (AvgIpc) is 2.29. The fourth-order valence-electron chi connectivity index (χ4n) is 1.81. The number of methoxy groups -OCH3 is 1. The fourth-order valence-corrected chi connectivity index (χ4v) is 3.14. The summed E-state index contributed by atoms with van der Waals surface area (Å²) in [5.74, 6) is -1.29. The van der Waals surface area contributed by atoms with Crippen molar-refractivity contribution in [3.63, 3.8) is 0 Å². The number of piperidine rings is 1. The van der Waals surface area contributed by atoms with Crippen LogP contribution in [-0.4, -0.2) is 57.2 Å². The predicted molar refractivity (Wildman–Crippen MR) is 64.1 cm³/mol. The highest BCUT2D eigenvalue weighted by molar-refractivity contribution is 7.89. The molecule has 0 aromatic heterocycles. The van der Waals surface area contributed by atoms with Gasteiger partial charge in [-0.05, 0) is 26.8 Å². The highest BCUT2D eigenvalue weighted by Gasteiger charge is 2.34. The largest absolute Gasteiger partial charge is 0.468 e. The topological polar surface area (TPSA) is 75.7 Å². The van der Waals surface area contributed by atoms with Gasteiger partial charge in [-0.2, -0.15) is 0 Å². The summed E-state index contributed by atoms with van der Waals surface area (Å²) in [5, 5.41) is 3.19. The number of ether oxygens (including phenoxy) is 1. The minimum absolute atomic E-state index is 0.0166. The van der Waals surface area contributed by atoms with E-state index in [1.54, 1.807) is 0 Å². The molecular weight excluding hydrogens is 244 g/mol. The van der Waals surface area contributed by atoms with E-state index >= 15 is 0 Å². The molecule has 0 aromatic carbocycles. The first kappa shape index (κ1) is 14.4. The highest BCUT2D eigenvalue weighted by atomic mass is 32.2. The lowest BCUT2D eigenvalue weighted by molar-refractivity contribution is -0.137. The molecule has 1 aliphatic heterocycles. The van der Waals surface area contributed by atoms with E-state index in [-0.39, 0.29) is 5.54 Å². The van der Waals surface area contributed by atoms with Gasteiger partial charge < -0.3 is 10.1 Å². The summed E-state index contributed by atoms with van der Waals surface area (Å²) >= 11 is 0. The lowest BCUT2D eigenvalue weighted by atomic mass is 9.91. The molecule has 1 saturated heterocycles. The molecule has 0 saturated carbocycles. The van der Waals surface area contributed by atoms with Gasteiger partial charge >= 0.3 is 5.97 Å². The van der Waals surface area contributed by atoms with Gasteiger partial charge in [0.25, 0.3) is 0 Å². The Morgan fingerprint density at radius 2 is 1.94 bits per heavy atom. The van der Waals surface area contributed by atoms with E-state index in [9.17, 15) is 13.2 Å². The first-order valence-corrected chi connectivity index (χ1v) is 7.17. The monoisotopic (exact) mass is 264 g/mol. The Kier molecular flexibility index (Phi) is 4.51. The van der Waals surface area contributed by atoms with Crippen LogP contribution in [0.2, 0.25) is 0 Å². The Hall–Kier alpha value is -0.660. The summed E-state index contributed by atoms with van der Waals surface area (Å²) in [7, 11) is -0.462. The van der Waals surface area contributed by atoms with Gasteiger partial charge in [0.05, 0.1) is 7.11 Å². The molecule has 1 N–H and O–H groups in total. The van der Waals surface area contributed by atoms with E-state index in [1.807, 2.05) is 7.05 Å². The summed E-state index contributed by atoms with van der Waals surface area (Å²) < 4.78 is 29.5. The van der Waals surface area contributed by atoms with E-state index in [0.717, 1.165) is 12.8 Å². The van der Waals surface area contributed by atoms with Crippen molar-refractivity contribution in [1.29, 1.82) is 0 Å². The summed E-state index contributed by atoms with van der Waals surface area (Å²) in [6.45, 7) is 2.95. The third kappa shape index (κ3) is 3.65. The van der Waals surface area contributed by atoms with Crippen molar-refractivity contribution in [2.75, 3.05) is 33.0 Å². The number of nitrogens with one attached hydrogen (secondary N) is 1. The zero-order valence-corrected chi connectivity index (χ0v) is 11.3. The van der Waals surface area contributed by atoms with Crippen molar-refractivity contribution < 1.29 is 17.9 Å². The fraction of sp³-hybridized carbons (Fsp3) is 0.900. The third-order valence-corrected chi connectivity index (χ3v) is 5.10. The smallest absolute Gasteiger partial charge is 0.322 e. The second-order valence-electron chi connectivity index (χ2n) is 4.54. The van der Waals surface area contributed by atoms with Crippen LogP contribution in [0.25, 0.3) is 0 Å². The molecule has 1 fully saturated rings. The number of rotatable bonds is 4. The number of carbonyl (C=O) groups excluding carboxylic acids is 1. The molecule has 0 bridgehead atoms. The van der Waals surface area contributed by atoms with Crippen molar-refractivity contribution in [3.8, 4) is 0 Å². The summed E-state index contributed by atoms with van der Waals surface area (Å²) in [6, 6.07) is 0. The Bertz CT molecular complexity index is 372. The van der Waals surface area contributed by atoms with Crippen LogP contribution in [0, 0.1) is 0 Å². The van der Waals surface area contributed by atoms with Crippen molar-refractivity contribution in [2.45, 2.75) is 25.3 Å². The lowest BCUT2D eigenvalue weighted by Gasteiger charge is -2.38. The molecule has 0 aromatic rings. The van der Waals surface area contributed by atoms with Crippen LogP contribution < -0.4 is 5.32 Å². The van der Waals surface area contributed by atoms with Gasteiger partial charge in [0.15, 0.2) is 5.75 Å². The van der Waals surface area contributed by atoms with Crippen LogP contribution in [0.1, 0.15) is 19.8 Å². The van der Waals surface area contributed by atoms with Crippen LogP contribution in [0.3, 0.4) is 0 Å². The van der Waals surface area contributed by atoms with Crippen molar-refractivity contribution in [3.05, 3.63) is 0 Å². The van der Waals surface area contributed by atoms with E-state index in [0.29, 0.717) is 13.1 Å². The number of esters is 1. The van der Waals surface area contributed by atoms with Crippen LogP contribution >= 0.6 is 0 Å². The van der Waals surface area contributed by atoms with Crippen molar-refractivity contribution >= 4 is 16.0 Å². The molecule has 0 amide bonds. The second-order valence-corrected chi connectivity index (χ2v) is 6.51. The van der Waals surface area contributed by atoms with Gasteiger partial charge in [0.2, 0.25) is 10.0 Å². The molecule has 0 atom stereocenters. The minimum atomic E-state index is -3.52. The molecule has 1 aliphatic rings. The zero-order valence-electron chi connectivity index (χ0n) is 10.5. The molecule has 0 spiro atoms. The maximum atomic E-state index is 11.9. The van der Waals surface area contributed by atoms with E-state index < -0.39 is 21.7 Å². The number of carbonyl (C=O) groups is 1. The minimum Gasteiger partial charge on any atom is -0.468 e. The van der Waals surface area contributed by atoms with Gasteiger partial charge in [0.1, 0.15) is 0 Å². The molecule has 17 heavy (non-hydrogen) atoms. The number of hydrogen-bond acceptors (Lipinski definition) is 5. The van der Waals surface area contributed by atoms with Gasteiger partial charge in [0, 0.05) is 18.6 Å². The van der Waals surface area contributed by atoms with Crippen LogP contribution in [0.15, 0.2) is 0 Å². The normalized spacial score (nSPS) is 21.1. The standard InChI is InChI=1S/C10H20N2O4S/c1-10(11-2)4-6-12(7-5-10)17(14,15)8-9(13)16-3/h11H,4-8H2,1-3H3. The van der Waals surface area contributed by atoms with E-state index in [1.165, 1.54) is 11.4 Å². The predicted octanol–water partition coefficient (Wildman–Crippen LogP) is -0.437. The lowest BCUT2D eigenvalue weighted by Crippen LogP contribution is -2.52. The number of sulfonamides is 1. The maximum Gasteiger partial charge on any atom is 0.322 e. The Balaban J connectivity index is 2.62. The van der Waals surface area contributed by atoms with E-state index in [2.05, 4.69) is 17.0 Å². The molecule has 6 nitrogen and oxygen atoms in total. The van der Waals surface area contributed by atoms with Gasteiger partial charge in [-0.25, -0.2) is 12.7 Å². The van der Waals surface area contributed by atoms with E-state index in [4.69, 9.17) is 0 Å². The van der Waals surface area contributed by atoms with Crippen molar-refractivity contribution in [2.24, 2.45) is 0 Å². The SMILES string of the molecule is CNC1(C)CCN(S(=O)(=O)CC(=O)OC)CC1. The number of nitrogens with zero attached hydrogens (tertiary/aromatic N) is 1. The molecule has 7 heteroatoms. The summed E-state index contributed by atoms with van der Waals surface area (Å²) in [6.07, 6.45) is 1.48. The first-order chi connectivity index (χ1) is 7.83. The molecule has 0 unspecified atom stereocenters. The molecule has 0 aliphatic carbocycles. The Labute approximate surface area is 102 Å². The Morgan fingerprint density at radius 3 is 2.35 bits per heavy atom. The molecular formula is C10H20N2O4S. The van der Waals surface area contributed by atoms with Gasteiger partial charge in [-0.1, -0.05) is 0 Å². The van der Waals surface area contributed by atoms with Crippen LogP contribution in [0.5, 0.6) is 0 Å². The van der Waals surface area contributed by atoms with Crippen LogP contribution in [0.4, 0.5) is 0 Å². The first-order valence-electron chi connectivity index (χ1n) is 5.56. The van der Waals surface area contributed by atoms with Gasteiger partial charge in [-0.15, -0.1) is 0 Å². The quantitative estimate of drug-likeness (QED) is 0.697. The third-order valence-electron chi connectivity index (χ3n) is 3.35. The Morgan fingerprint density at radius 1 is 1.41 bits per heavy atom.